The predicted molar refractivity (Wildman–Crippen MR) is 58.7 cm³/mol. The molecule has 1 aliphatic rings. The van der Waals surface area contributed by atoms with Crippen LogP contribution < -0.4 is 5.32 Å². The molecule has 0 bridgehead atoms. The van der Waals surface area contributed by atoms with Crippen molar-refractivity contribution in [2.75, 3.05) is 19.6 Å². The Labute approximate surface area is 97.5 Å². The second-order valence-electron chi connectivity index (χ2n) is 3.95. The average molecular weight is 239 g/mol. The molecule has 1 aromatic heterocycles. The molecule has 1 aliphatic heterocycles. The van der Waals surface area contributed by atoms with Gasteiger partial charge >= 0.3 is 5.88 Å². The Morgan fingerprint density at radius 1 is 1.65 bits per heavy atom. The summed E-state index contributed by atoms with van der Waals surface area (Å²) >= 11 is 0. The fourth-order valence-corrected chi connectivity index (χ4v) is 1.83. The molecule has 0 radical (unpaired) electrons. The molecule has 1 saturated heterocycles. The number of nitrogens with zero attached hydrogens (tertiary/aromatic N) is 2. The van der Waals surface area contributed by atoms with Gasteiger partial charge in [0.15, 0.2) is 5.76 Å². The predicted octanol–water partition coefficient (Wildman–Crippen LogP) is 0.622. The maximum atomic E-state index is 12.0. The van der Waals surface area contributed by atoms with E-state index >= 15 is 0 Å². The Hall–Kier alpha value is -1.89. The first-order valence-electron chi connectivity index (χ1n) is 5.35. The van der Waals surface area contributed by atoms with E-state index in [0.29, 0.717) is 13.1 Å². The van der Waals surface area contributed by atoms with Crippen LogP contribution in [0, 0.1) is 10.1 Å². The van der Waals surface area contributed by atoms with Gasteiger partial charge in [-0.15, -0.1) is 0 Å². The van der Waals surface area contributed by atoms with Gasteiger partial charge in [-0.25, -0.2) is 0 Å². The highest BCUT2D eigenvalue weighted by atomic mass is 16.6. The van der Waals surface area contributed by atoms with E-state index in [0.717, 1.165) is 6.54 Å². The van der Waals surface area contributed by atoms with E-state index in [1.165, 1.54) is 12.1 Å². The molecule has 7 heteroatoms. The van der Waals surface area contributed by atoms with Crippen LogP contribution in [0.15, 0.2) is 16.5 Å². The highest BCUT2D eigenvalue weighted by Crippen LogP contribution is 2.18. The molecule has 92 valence electrons. The number of nitro groups is 1. The molecule has 7 nitrogen and oxygen atoms in total. The van der Waals surface area contributed by atoms with Crippen molar-refractivity contribution < 1.29 is 14.1 Å². The van der Waals surface area contributed by atoms with Crippen molar-refractivity contribution in [3.8, 4) is 0 Å². The third-order valence-corrected chi connectivity index (χ3v) is 2.74. The van der Waals surface area contributed by atoms with Crippen LogP contribution in [-0.4, -0.2) is 41.4 Å². The van der Waals surface area contributed by atoms with Crippen LogP contribution in [0.1, 0.15) is 17.5 Å². The van der Waals surface area contributed by atoms with Gasteiger partial charge in [-0.05, 0) is 13.0 Å². The number of piperazine rings is 1. The Kier molecular flexibility index (Phi) is 3.10. The first-order chi connectivity index (χ1) is 8.09. The number of hydrogen-bond acceptors (Lipinski definition) is 5. The van der Waals surface area contributed by atoms with E-state index < -0.39 is 10.8 Å². The lowest BCUT2D eigenvalue weighted by Gasteiger charge is -2.33. The Morgan fingerprint density at radius 3 is 3.00 bits per heavy atom. The monoisotopic (exact) mass is 239 g/mol. The zero-order valence-electron chi connectivity index (χ0n) is 9.38. The standard InChI is InChI=1S/C10H13N3O4/c1-7-6-11-4-5-12(7)10(14)8-2-3-9(17-8)13(15)16/h2-3,7,11H,4-6H2,1H3/t7-/m1/s1. The SMILES string of the molecule is C[C@@H]1CNCCN1C(=O)c1ccc([N+](=O)[O-])o1. The summed E-state index contributed by atoms with van der Waals surface area (Å²) in [6, 6.07) is 2.59. The Morgan fingerprint density at radius 2 is 2.41 bits per heavy atom. The van der Waals surface area contributed by atoms with Crippen molar-refractivity contribution in [3.63, 3.8) is 0 Å². The zero-order chi connectivity index (χ0) is 12.4. The van der Waals surface area contributed by atoms with E-state index in [2.05, 4.69) is 5.32 Å². The zero-order valence-corrected chi connectivity index (χ0v) is 9.38. The molecule has 0 aromatic carbocycles. The first kappa shape index (κ1) is 11.6. The van der Waals surface area contributed by atoms with Gasteiger partial charge in [0.25, 0.3) is 5.91 Å². The molecule has 0 aliphatic carbocycles. The molecule has 1 amide bonds. The highest BCUT2D eigenvalue weighted by molar-refractivity contribution is 5.92. The number of carbonyl (C=O) groups excluding carboxylic acids is 1. The minimum absolute atomic E-state index is 0.0189. The second-order valence-corrected chi connectivity index (χ2v) is 3.95. The minimum atomic E-state index is -0.655. The summed E-state index contributed by atoms with van der Waals surface area (Å²) in [7, 11) is 0. The maximum Gasteiger partial charge on any atom is 0.433 e. The highest BCUT2D eigenvalue weighted by Gasteiger charge is 2.27. The summed E-state index contributed by atoms with van der Waals surface area (Å²) in [5.74, 6) is -0.686. The summed E-state index contributed by atoms with van der Waals surface area (Å²) < 4.78 is 4.90. The van der Waals surface area contributed by atoms with Crippen LogP contribution >= 0.6 is 0 Å². The molecule has 2 rings (SSSR count). The molecule has 0 unspecified atom stereocenters. The van der Waals surface area contributed by atoms with E-state index in [1.54, 1.807) is 4.90 Å². The quantitative estimate of drug-likeness (QED) is 0.603. The van der Waals surface area contributed by atoms with Gasteiger partial charge in [0.2, 0.25) is 0 Å². The molecular weight excluding hydrogens is 226 g/mol. The number of carbonyl (C=O) groups is 1. The molecule has 17 heavy (non-hydrogen) atoms. The minimum Gasteiger partial charge on any atom is -0.395 e. The average Bonchev–Trinajstić information content (AvgIpc) is 2.78. The van der Waals surface area contributed by atoms with Crippen molar-refractivity contribution in [3.05, 3.63) is 28.0 Å². The smallest absolute Gasteiger partial charge is 0.395 e. The van der Waals surface area contributed by atoms with Crippen LogP contribution in [-0.2, 0) is 0 Å². The van der Waals surface area contributed by atoms with Gasteiger partial charge in [-0.3, -0.25) is 14.9 Å². The van der Waals surface area contributed by atoms with Crippen LogP contribution in [0.4, 0.5) is 5.88 Å². The molecule has 0 spiro atoms. The summed E-state index contributed by atoms with van der Waals surface area (Å²) in [5.41, 5.74) is 0. The molecule has 0 saturated carbocycles. The van der Waals surface area contributed by atoms with E-state index in [4.69, 9.17) is 4.42 Å². The van der Waals surface area contributed by atoms with Gasteiger partial charge in [-0.1, -0.05) is 0 Å². The van der Waals surface area contributed by atoms with Crippen LogP contribution in [0.25, 0.3) is 0 Å². The second kappa shape index (κ2) is 4.54. The number of nitrogens with one attached hydrogen (secondary N) is 1. The Balaban J connectivity index is 2.15. The summed E-state index contributed by atoms with van der Waals surface area (Å²) in [6.45, 7) is 3.93. The summed E-state index contributed by atoms with van der Waals surface area (Å²) in [5, 5.41) is 13.6. The largest absolute Gasteiger partial charge is 0.433 e. The van der Waals surface area contributed by atoms with Gasteiger partial charge in [0.05, 0.1) is 6.07 Å². The number of hydrogen-bond donors (Lipinski definition) is 1. The number of amides is 1. The van der Waals surface area contributed by atoms with Crippen LogP contribution in [0.5, 0.6) is 0 Å². The fourth-order valence-electron chi connectivity index (χ4n) is 1.83. The lowest BCUT2D eigenvalue weighted by atomic mass is 10.2. The normalized spacial score (nSPS) is 20.3. The van der Waals surface area contributed by atoms with Crippen LogP contribution in [0.3, 0.4) is 0 Å². The first-order valence-corrected chi connectivity index (χ1v) is 5.35. The third-order valence-electron chi connectivity index (χ3n) is 2.74. The van der Waals surface area contributed by atoms with E-state index in [-0.39, 0.29) is 17.7 Å². The number of furan rings is 1. The number of rotatable bonds is 2. The van der Waals surface area contributed by atoms with Crippen molar-refractivity contribution in [1.29, 1.82) is 0 Å². The molecule has 1 N–H and O–H groups in total. The molecule has 2 heterocycles. The topological polar surface area (TPSA) is 88.6 Å². The lowest BCUT2D eigenvalue weighted by Crippen LogP contribution is -2.52. The Bertz CT molecular complexity index is 443. The van der Waals surface area contributed by atoms with Gasteiger partial charge in [0, 0.05) is 25.7 Å². The third kappa shape index (κ3) is 2.28. The van der Waals surface area contributed by atoms with Gasteiger partial charge < -0.3 is 14.6 Å². The van der Waals surface area contributed by atoms with Gasteiger partial charge in [0.1, 0.15) is 4.92 Å². The van der Waals surface area contributed by atoms with Crippen molar-refractivity contribution in [1.82, 2.24) is 10.2 Å². The fraction of sp³-hybridized carbons (Fsp3) is 0.500. The van der Waals surface area contributed by atoms with Crippen LogP contribution in [0.2, 0.25) is 0 Å². The summed E-state index contributed by atoms with van der Waals surface area (Å²) in [6.07, 6.45) is 0. The van der Waals surface area contributed by atoms with Crippen molar-refractivity contribution in [2.45, 2.75) is 13.0 Å². The van der Waals surface area contributed by atoms with Gasteiger partial charge in [-0.2, -0.15) is 0 Å². The van der Waals surface area contributed by atoms with E-state index in [1.807, 2.05) is 6.92 Å². The maximum absolute atomic E-state index is 12.0. The van der Waals surface area contributed by atoms with Crippen molar-refractivity contribution >= 4 is 11.8 Å². The molecule has 1 aromatic rings. The molecular formula is C10H13N3O4. The molecule has 1 atom stereocenters. The van der Waals surface area contributed by atoms with Crippen molar-refractivity contribution in [2.24, 2.45) is 0 Å². The summed E-state index contributed by atoms with van der Waals surface area (Å²) in [4.78, 5) is 23.5. The molecule has 1 fully saturated rings. The lowest BCUT2D eigenvalue weighted by molar-refractivity contribution is -0.402. The van der Waals surface area contributed by atoms with E-state index in [9.17, 15) is 14.9 Å².